The highest BCUT2D eigenvalue weighted by Crippen LogP contribution is 2.42. The third-order valence-corrected chi connectivity index (χ3v) is 7.52. The molecule has 0 aliphatic carbocycles. The molecule has 0 amide bonds. The molecule has 0 spiro atoms. The first-order valence-corrected chi connectivity index (χ1v) is 13.5. The topological polar surface area (TPSA) is 49.6 Å². The molecule has 5 aromatic carbocycles. The minimum Gasteiger partial charge on any atom is -0.305 e. The maximum absolute atomic E-state index is 8.01. The fraction of sp³-hybridized carbons (Fsp3) is 0.139. The Hall–Kier alpha value is -4.63. The number of fused-ring (bicyclic) bond motifs is 3. The van der Waals surface area contributed by atoms with Crippen molar-refractivity contribution in [3.05, 3.63) is 120 Å². The summed E-state index contributed by atoms with van der Waals surface area (Å²) in [6.07, 6.45) is 0. The maximum atomic E-state index is 8.01. The first-order chi connectivity index (χ1) is 18.9. The summed E-state index contributed by atoms with van der Waals surface area (Å²) in [5, 5.41) is 12.9. The smallest absolute Gasteiger partial charge is 0.160 e. The molecule has 6 rings (SSSR count). The summed E-state index contributed by atoms with van der Waals surface area (Å²) in [5.41, 5.74) is 8.93. The summed E-state index contributed by atoms with van der Waals surface area (Å²) in [7, 11) is 0. The van der Waals surface area contributed by atoms with Crippen LogP contribution in [0.15, 0.2) is 103 Å². The number of aromatic nitrogens is 2. The minimum absolute atomic E-state index is 0.205. The van der Waals surface area contributed by atoms with Gasteiger partial charge in [0.2, 0.25) is 0 Å². The van der Waals surface area contributed by atoms with E-state index in [2.05, 4.69) is 99.6 Å². The molecule has 190 valence electrons. The number of rotatable bonds is 5. The lowest BCUT2D eigenvalue weighted by molar-refractivity contribution is 0.854. The predicted octanol–water partition coefficient (Wildman–Crippen LogP) is 9.60. The standard InChI is InChI=1S/C36H31N3/c1-22(2)33-34(28-13-7-5-11-23(28)3)38-36(26-19-17-25(18-20-26)24(4)37)39-35(33)32-21-27-12-6-8-14-29(27)30-15-9-10-16-31(30)32/h5-22,37H,1-4H3. The lowest BCUT2D eigenvalue weighted by atomic mass is 9.88. The van der Waals surface area contributed by atoms with Gasteiger partial charge in [-0.2, -0.15) is 0 Å². The van der Waals surface area contributed by atoms with E-state index in [1.54, 1.807) is 0 Å². The van der Waals surface area contributed by atoms with Gasteiger partial charge in [0.05, 0.1) is 11.4 Å². The molecule has 0 saturated carbocycles. The SMILES string of the molecule is CC(=N)c1ccc(-c2nc(-c3ccccc3C)c(C(C)C)c(-c3cc4ccccc4c4ccccc34)n2)cc1. The summed E-state index contributed by atoms with van der Waals surface area (Å²) in [4.78, 5) is 10.6. The van der Waals surface area contributed by atoms with Crippen LogP contribution in [0.3, 0.4) is 0 Å². The number of hydrogen-bond donors (Lipinski definition) is 1. The average Bonchev–Trinajstić information content (AvgIpc) is 2.96. The molecule has 0 unspecified atom stereocenters. The van der Waals surface area contributed by atoms with E-state index in [1.165, 1.54) is 27.1 Å². The van der Waals surface area contributed by atoms with Gasteiger partial charge in [-0.25, -0.2) is 9.97 Å². The molecule has 39 heavy (non-hydrogen) atoms. The van der Waals surface area contributed by atoms with Crippen molar-refractivity contribution in [3.63, 3.8) is 0 Å². The van der Waals surface area contributed by atoms with Gasteiger partial charge in [-0.05, 0) is 58.5 Å². The molecule has 1 N–H and O–H groups in total. The van der Waals surface area contributed by atoms with E-state index in [9.17, 15) is 0 Å². The van der Waals surface area contributed by atoms with E-state index in [4.69, 9.17) is 15.4 Å². The zero-order chi connectivity index (χ0) is 27.1. The first kappa shape index (κ1) is 24.7. The molecule has 0 atom stereocenters. The van der Waals surface area contributed by atoms with Crippen molar-refractivity contribution in [1.82, 2.24) is 9.97 Å². The van der Waals surface area contributed by atoms with Gasteiger partial charge in [-0.15, -0.1) is 0 Å². The van der Waals surface area contributed by atoms with Crippen molar-refractivity contribution in [2.24, 2.45) is 0 Å². The fourth-order valence-electron chi connectivity index (χ4n) is 5.51. The van der Waals surface area contributed by atoms with Crippen LogP contribution in [-0.2, 0) is 0 Å². The van der Waals surface area contributed by atoms with Crippen LogP contribution in [0.4, 0.5) is 0 Å². The first-order valence-electron chi connectivity index (χ1n) is 13.5. The normalized spacial score (nSPS) is 11.4. The quantitative estimate of drug-likeness (QED) is 0.187. The summed E-state index contributed by atoms with van der Waals surface area (Å²) in [5.74, 6) is 0.899. The van der Waals surface area contributed by atoms with Gasteiger partial charge in [-0.1, -0.05) is 111 Å². The van der Waals surface area contributed by atoms with Gasteiger partial charge in [0.25, 0.3) is 0 Å². The van der Waals surface area contributed by atoms with Crippen LogP contribution in [0.2, 0.25) is 0 Å². The number of nitrogens with zero attached hydrogens (tertiary/aromatic N) is 2. The third kappa shape index (κ3) is 4.40. The van der Waals surface area contributed by atoms with Gasteiger partial charge in [0.1, 0.15) is 0 Å². The zero-order valence-electron chi connectivity index (χ0n) is 22.8. The van der Waals surface area contributed by atoms with E-state index in [0.29, 0.717) is 11.5 Å². The Morgan fingerprint density at radius 3 is 1.92 bits per heavy atom. The Balaban J connectivity index is 1.73. The van der Waals surface area contributed by atoms with Crippen molar-refractivity contribution in [3.8, 4) is 33.9 Å². The van der Waals surface area contributed by atoms with Crippen LogP contribution in [0, 0.1) is 12.3 Å². The molecule has 3 heteroatoms. The largest absolute Gasteiger partial charge is 0.305 e. The number of hydrogen-bond acceptors (Lipinski definition) is 3. The monoisotopic (exact) mass is 505 g/mol. The second-order valence-corrected chi connectivity index (χ2v) is 10.5. The van der Waals surface area contributed by atoms with Gasteiger partial charge in [0, 0.05) is 28.0 Å². The fourth-order valence-corrected chi connectivity index (χ4v) is 5.51. The molecular weight excluding hydrogens is 474 g/mol. The van der Waals surface area contributed by atoms with Crippen molar-refractivity contribution < 1.29 is 0 Å². The van der Waals surface area contributed by atoms with E-state index in [0.717, 1.165) is 39.2 Å². The second kappa shape index (κ2) is 9.92. The number of benzene rings is 5. The third-order valence-electron chi connectivity index (χ3n) is 7.52. The molecule has 0 radical (unpaired) electrons. The highest BCUT2D eigenvalue weighted by molar-refractivity contribution is 6.14. The van der Waals surface area contributed by atoms with Gasteiger partial charge in [0.15, 0.2) is 5.82 Å². The van der Waals surface area contributed by atoms with Gasteiger partial charge < -0.3 is 5.41 Å². The van der Waals surface area contributed by atoms with E-state index in [-0.39, 0.29) is 5.92 Å². The maximum Gasteiger partial charge on any atom is 0.160 e. The summed E-state index contributed by atoms with van der Waals surface area (Å²) >= 11 is 0. The van der Waals surface area contributed by atoms with Crippen molar-refractivity contribution in [2.45, 2.75) is 33.6 Å². The van der Waals surface area contributed by atoms with Crippen molar-refractivity contribution in [2.75, 3.05) is 0 Å². The summed E-state index contributed by atoms with van der Waals surface area (Å²) in [6.45, 7) is 8.42. The molecule has 1 heterocycles. The van der Waals surface area contributed by atoms with Crippen molar-refractivity contribution in [1.29, 1.82) is 5.41 Å². The zero-order valence-corrected chi connectivity index (χ0v) is 22.8. The van der Waals surface area contributed by atoms with Crippen LogP contribution in [0.5, 0.6) is 0 Å². The number of aryl methyl sites for hydroxylation is 1. The van der Waals surface area contributed by atoms with Crippen LogP contribution >= 0.6 is 0 Å². The predicted molar refractivity (Wildman–Crippen MR) is 165 cm³/mol. The molecule has 6 aromatic rings. The van der Waals surface area contributed by atoms with Crippen LogP contribution in [0.1, 0.15) is 43.4 Å². The Labute approximate surface area is 229 Å². The molecule has 0 aliphatic heterocycles. The molecule has 1 aromatic heterocycles. The summed E-state index contributed by atoms with van der Waals surface area (Å²) in [6, 6.07) is 36.0. The van der Waals surface area contributed by atoms with Crippen LogP contribution < -0.4 is 0 Å². The molecule has 0 aliphatic rings. The van der Waals surface area contributed by atoms with Crippen molar-refractivity contribution >= 4 is 27.3 Å². The second-order valence-electron chi connectivity index (χ2n) is 10.5. The Morgan fingerprint density at radius 2 is 1.26 bits per heavy atom. The molecule has 3 nitrogen and oxygen atoms in total. The lowest BCUT2D eigenvalue weighted by Gasteiger charge is -2.21. The lowest BCUT2D eigenvalue weighted by Crippen LogP contribution is -2.06. The minimum atomic E-state index is 0.205. The van der Waals surface area contributed by atoms with Crippen LogP contribution in [-0.4, -0.2) is 15.7 Å². The summed E-state index contributed by atoms with van der Waals surface area (Å²) < 4.78 is 0. The Morgan fingerprint density at radius 1 is 0.667 bits per heavy atom. The highest BCUT2D eigenvalue weighted by Gasteiger charge is 2.23. The highest BCUT2D eigenvalue weighted by atomic mass is 14.9. The van der Waals surface area contributed by atoms with E-state index < -0.39 is 0 Å². The van der Waals surface area contributed by atoms with E-state index in [1.807, 2.05) is 31.2 Å². The number of nitrogens with one attached hydrogen (secondary N) is 1. The molecule has 0 bridgehead atoms. The molecule has 0 fully saturated rings. The molecule has 0 saturated heterocycles. The average molecular weight is 506 g/mol. The Bertz CT molecular complexity index is 1860. The van der Waals surface area contributed by atoms with Gasteiger partial charge in [-0.3, -0.25) is 0 Å². The van der Waals surface area contributed by atoms with Gasteiger partial charge >= 0.3 is 0 Å². The van der Waals surface area contributed by atoms with E-state index >= 15 is 0 Å². The Kier molecular flexibility index (Phi) is 6.28. The van der Waals surface area contributed by atoms with Crippen LogP contribution in [0.25, 0.3) is 55.4 Å². The molecular formula is C36H31N3.